The SMILES string of the molecule is CC[C@@H]1CN(Cc2cc(C(c3ccc4c(nnn4C)c3C)C(C)(C)C(=O)OC)ccc2C)Cc2[nH]c(=O)ccc2O1. The Labute approximate surface area is 240 Å². The van der Waals surface area contributed by atoms with Crippen LogP contribution in [-0.2, 0) is 29.7 Å². The number of ether oxygens (including phenoxy) is 2. The monoisotopic (exact) mass is 557 g/mol. The number of esters is 1. The van der Waals surface area contributed by atoms with Crippen LogP contribution in [0.15, 0.2) is 47.3 Å². The van der Waals surface area contributed by atoms with Crippen LogP contribution in [0.25, 0.3) is 11.0 Å². The Morgan fingerprint density at radius 2 is 1.98 bits per heavy atom. The van der Waals surface area contributed by atoms with Crippen molar-refractivity contribution in [3.05, 3.63) is 86.3 Å². The predicted octanol–water partition coefficient (Wildman–Crippen LogP) is 4.78. The van der Waals surface area contributed by atoms with Crippen LogP contribution >= 0.6 is 0 Å². The van der Waals surface area contributed by atoms with Crippen molar-refractivity contribution >= 4 is 17.0 Å². The number of aromatic nitrogens is 4. The lowest BCUT2D eigenvalue weighted by Gasteiger charge is -2.34. The molecule has 0 amide bonds. The number of methoxy groups -OCH3 is 1. The molecule has 216 valence electrons. The van der Waals surface area contributed by atoms with Gasteiger partial charge >= 0.3 is 5.97 Å². The van der Waals surface area contributed by atoms with E-state index in [1.807, 2.05) is 33.9 Å². The maximum Gasteiger partial charge on any atom is 0.312 e. The molecule has 1 N–H and O–H groups in total. The van der Waals surface area contributed by atoms with Crippen LogP contribution in [-0.4, -0.2) is 50.6 Å². The first-order valence-corrected chi connectivity index (χ1v) is 14.1. The molecule has 5 rings (SSSR count). The fourth-order valence-corrected chi connectivity index (χ4v) is 6.07. The number of hydrogen-bond donors (Lipinski definition) is 1. The molecule has 9 nitrogen and oxygen atoms in total. The number of benzene rings is 2. The van der Waals surface area contributed by atoms with E-state index in [9.17, 15) is 9.59 Å². The van der Waals surface area contributed by atoms with E-state index in [0.717, 1.165) is 63.3 Å². The number of aryl methyl sites for hydroxylation is 3. The molecule has 0 saturated heterocycles. The molecule has 0 saturated carbocycles. The number of fused-ring (bicyclic) bond motifs is 2. The topological polar surface area (TPSA) is 102 Å². The number of aromatic amines is 1. The van der Waals surface area contributed by atoms with Gasteiger partial charge in [-0.1, -0.05) is 36.4 Å². The third-order valence-corrected chi connectivity index (χ3v) is 8.47. The first-order valence-electron chi connectivity index (χ1n) is 14.1. The Balaban J connectivity index is 1.58. The highest BCUT2D eigenvalue weighted by Crippen LogP contribution is 2.44. The summed E-state index contributed by atoms with van der Waals surface area (Å²) < 4.78 is 13.3. The smallest absolute Gasteiger partial charge is 0.312 e. The predicted molar refractivity (Wildman–Crippen MR) is 158 cm³/mol. The van der Waals surface area contributed by atoms with Gasteiger partial charge in [0.15, 0.2) is 0 Å². The van der Waals surface area contributed by atoms with E-state index in [-0.39, 0.29) is 23.6 Å². The van der Waals surface area contributed by atoms with E-state index in [1.54, 1.807) is 10.7 Å². The minimum atomic E-state index is -0.857. The van der Waals surface area contributed by atoms with E-state index in [2.05, 4.69) is 58.3 Å². The van der Waals surface area contributed by atoms with Gasteiger partial charge in [-0.15, -0.1) is 5.10 Å². The first-order chi connectivity index (χ1) is 19.5. The van der Waals surface area contributed by atoms with Crippen molar-refractivity contribution in [1.29, 1.82) is 0 Å². The lowest BCUT2D eigenvalue weighted by atomic mass is 9.69. The van der Waals surface area contributed by atoms with Gasteiger partial charge in [0, 0.05) is 38.7 Å². The number of pyridine rings is 1. The van der Waals surface area contributed by atoms with Crippen molar-refractivity contribution in [3.8, 4) is 5.75 Å². The first kappa shape index (κ1) is 28.5. The summed E-state index contributed by atoms with van der Waals surface area (Å²) in [6, 6.07) is 13.8. The number of hydrogen-bond acceptors (Lipinski definition) is 7. The molecule has 0 fully saturated rings. The Morgan fingerprint density at radius 1 is 1.20 bits per heavy atom. The molecular formula is C32H39N5O4. The summed E-state index contributed by atoms with van der Waals surface area (Å²) in [5.74, 6) is 0.173. The molecule has 1 aliphatic heterocycles. The van der Waals surface area contributed by atoms with Crippen molar-refractivity contribution < 1.29 is 14.3 Å². The lowest BCUT2D eigenvalue weighted by Crippen LogP contribution is -2.34. The lowest BCUT2D eigenvalue weighted by molar-refractivity contribution is -0.151. The molecule has 3 heterocycles. The maximum absolute atomic E-state index is 13.2. The van der Waals surface area contributed by atoms with Gasteiger partial charge in [0.25, 0.3) is 0 Å². The molecule has 2 aromatic heterocycles. The number of rotatable bonds is 7. The van der Waals surface area contributed by atoms with Crippen molar-refractivity contribution in [1.82, 2.24) is 24.9 Å². The summed E-state index contributed by atoms with van der Waals surface area (Å²) in [6.07, 6.45) is 0.867. The minimum absolute atomic E-state index is 0.0120. The van der Waals surface area contributed by atoms with Crippen LogP contribution < -0.4 is 10.3 Å². The largest absolute Gasteiger partial charge is 0.487 e. The molecule has 1 unspecified atom stereocenters. The van der Waals surface area contributed by atoms with Crippen LogP contribution in [0.2, 0.25) is 0 Å². The van der Waals surface area contributed by atoms with E-state index in [1.165, 1.54) is 13.2 Å². The van der Waals surface area contributed by atoms with Crippen LogP contribution in [0.4, 0.5) is 0 Å². The third kappa shape index (κ3) is 5.38. The van der Waals surface area contributed by atoms with Gasteiger partial charge in [-0.05, 0) is 74.1 Å². The summed E-state index contributed by atoms with van der Waals surface area (Å²) in [5.41, 5.74) is 6.92. The molecule has 0 spiro atoms. The third-order valence-electron chi connectivity index (χ3n) is 8.47. The number of nitrogens with one attached hydrogen (secondary N) is 1. The molecule has 2 aromatic carbocycles. The highest BCUT2D eigenvalue weighted by atomic mass is 16.5. The number of carbonyl (C=O) groups is 1. The van der Waals surface area contributed by atoms with Gasteiger partial charge in [0.2, 0.25) is 5.56 Å². The van der Waals surface area contributed by atoms with E-state index in [4.69, 9.17) is 9.47 Å². The number of H-pyrrole nitrogens is 1. The normalized spacial score (nSPS) is 16.6. The molecule has 0 bridgehead atoms. The average Bonchev–Trinajstić information content (AvgIpc) is 3.23. The van der Waals surface area contributed by atoms with Gasteiger partial charge < -0.3 is 14.5 Å². The second kappa shape index (κ2) is 11.1. The average molecular weight is 558 g/mol. The molecule has 2 atom stereocenters. The number of carbonyl (C=O) groups excluding carboxylic acids is 1. The number of nitrogens with zero attached hydrogens (tertiary/aromatic N) is 4. The zero-order valence-corrected chi connectivity index (χ0v) is 24.9. The van der Waals surface area contributed by atoms with Crippen molar-refractivity contribution in [2.24, 2.45) is 12.5 Å². The van der Waals surface area contributed by atoms with Crippen LogP contribution in [0.5, 0.6) is 5.75 Å². The van der Waals surface area contributed by atoms with Crippen molar-refractivity contribution in [3.63, 3.8) is 0 Å². The van der Waals surface area contributed by atoms with Gasteiger partial charge in [-0.3, -0.25) is 14.5 Å². The standard InChI is InChI=1S/C32H39N5O4/c1-8-23-17-37(18-25-27(41-23)13-14-28(38)33-25)16-22-15-21(10-9-19(22)2)29(32(4,5)31(39)40-7)24-11-12-26-30(20(24)3)34-35-36(26)6/h9-15,23,29H,8,16-18H2,1-7H3,(H,33,38)/t23-,29?/m1/s1. The summed E-state index contributed by atoms with van der Waals surface area (Å²) in [7, 11) is 3.32. The highest BCUT2D eigenvalue weighted by Gasteiger charge is 2.41. The molecule has 1 aliphatic rings. The molecular weight excluding hydrogens is 518 g/mol. The summed E-state index contributed by atoms with van der Waals surface area (Å²) in [4.78, 5) is 30.6. The Kier molecular flexibility index (Phi) is 7.74. The van der Waals surface area contributed by atoms with Gasteiger partial charge in [-0.25, -0.2) is 4.68 Å². The highest BCUT2D eigenvalue weighted by molar-refractivity contribution is 5.82. The zero-order valence-electron chi connectivity index (χ0n) is 24.9. The summed E-state index contributed by atoms with van der Waals surface area (Å²) >= 11 is 0. The van der Waals surface area contributed by atoms with Gasteiger partial charge in [-0.2, -0.15) is 0 Å². The Morgan fingerprint density at radius 3 is 2.71 bits per heavy atom. The molecule has 4 aromatic rings. The molecule has 9 heteroatoms. The second-order valence-electron chi connectivity index (χ2n) is 11.7. The Hall–Kier alpha value is -3.98. The molecule has 41 heavy (non-hydrogen) atoms. The summed E-state index contributed by atoms with van der Waals surface area (Å²) in [6.45, 7) is 12.1. The fourth-order valence-electron chi connectivity index (χ4n) is 6.07. The van der Waals surface area contributed by atoms with Crippen molar-refractivity contribution in [2.45, 2.75) is 66.2 Å². The van der Waals surface area contributed by atoms with E-state index in [0.29, 0.717) is 13.1 Å². The van der Waals surface area contributed by atoms with Gasteiger partial charge in [0.05, 0.1) is 23.7 Å². The van der Waals surface area contributed by atoms with Crippen LogP contribution in [0, 0.1) is 19.3 Å². The van der Waals surface area contributed by atoms with Crippen LogP contribution in [0.3, 0.4) is 0 Å². The van der Waals surface area contributed by atoms with Gasteiger partial charge in [0.1, 0.15) is 17.4 Å². The van der Waals surface area contributed by atoms with Crippen molar-refractivity contribution in [2.75, 3.05) is 13.7 Å². The van der Waals surface area contributed by atoms with Crippen LogP contribution in [0.1, 0.15) is 66.6 Å². The zero-order chi connectivity index (χ0) is 29.5. The minimum Gasteiger partial charge on any atom is -0.487 e. The Bertz CT molecular complexity index is 1650. The molecule has 0 radical (unpaired) electrons. The van der Waals surface area contributed by atoms with E-state index >= 15 is 0 Å². The fraction of sp³-hybridized carbons (Fsp3) is 0.438. The molecule has 0 aliphatic carbocycles. The maximum atomic E-state index is 13.2. The van der Waals surface area contributed by atoms with E-state index < -0.39 is 5.41 Å². The quantitative estimate of drug-likeness (QED) is 0.326. The second-order valence-corrected chi connectivity index (χ2v) is 11.7. The summed E-state index contributed by atoms with van der Waals surface area (Å²) in [5, 5.41) is 8.63.